The smallest absolute Gasteiger partial charge is 0.327 e. The van der Waals surface area contributed by atoms with E-state index in [1.165, 1.54) is 7.11 Å². The van der Waals surface area contributed by atoms with Crippen LogP contribution in [0.5, 0.6) is 0 Å². The summed E-state index contributed by atoms with van der Waals surface area (Å²) in [4.78, 5) is 11.4. The predicted molar refractivity (Wildman–Crippen MR) is 78.8 cm³/mol. The fraction of sp³-hybridized carbons (Fsp3) is 0.188. The average Bonchev–Trinajstić information content (AvgIpc) is 2.84. The van der Waals surface area contributed by atoms with Gasteiger partial charge < -0.3 is 14.5 Å². The molecule has 0 saturated carbocycles. The van der Waals surface area contributed by atoms with E-state index in [-0.39, 0.29) is 5.97 Å². The summed E-state index contributed by atoms with van der Waals surface area (Å²) in [5.41, 5.74) is 2.56. The van der Waals surface area contributed by atoms with Gasteiger partial charge in [0.25, 0.3) is 0 Å². The van der Waals surface area contributed by atoms with Crippen LogP contribution in [-0.4, -0.2) is 19.1 Å². The van der Waals surface area contributed by atoms with Crippen LogP contribution in [0.3, 0.4) is 0 Å². The Hall–Kier alpha value is -2.49. The van der Waals surface area contributed by atoms with Crippen LogP contribution in [0, 0.1) is 0 Å². The number of para-hydroxylation sites is 1. The second-order valence-electron chi connectivity index (χ2n) is 4.70. The molecule has 102 valence electrons. The Morgan fingerprint density at radius 3 is 2.70 bits per heavy atom. The largest absolute Gasteiger partial charge is 0.467 e. The number of furan rings is 1. The number of carbonyl (C=O) groups excluding carboxylic acids is 1. The molecular weight excluding hydrogens is 254 g/mol. The fourth-order valence-corrected chi connectivity index (χ4v) is 2.30. The van der Waals surface area contributed by atoms with Crippen molar-refractivity contribution in [2.24, 2.45) is 0 Å². The predicted octanol–water partition coefficient (Wildman–Crippen LogP) is 3.56. The Balaban J connectivity index is 2.01. The number of hydrogen-bond donors (Lipinski definition) is 1. The van der Waals surface area contributed by atoms with E-state index in [1.807, 2.05) is 42.5 Å². The van der Waals surface area contributed by atoms with Crippen molar-refractivity contribution in [1.29, 1.82) is 0 Å². The highest BCUT2D eigenvalue weighted by atomic mass is 16.5. The molecule has 1 aromatic heterocycles. The monoisotopic (exact) mass is 269 g/mol. The minimum Gasteiger partial charge on any atom is -0.467 e. The molecule has 0 aliphatic carbocycles. The summed E-state index contributed by atoms with van der Waals surface area (Å²) in [7, 11) is 1.38. The summed E-state index contributed by atoms with van der Waals surface area (Å²) in [6, 6.07) is 13.3. The molecule has 0 aliphatic rings. The number of benzene rings is 2. The zero-order valence-corrected chi connectivity index (χ0v) is 11.3. The number of anilines is 1. The molecule has 0 saturated heterocycles. The van der Waals surface area contributed by atoms with E-state index in [9.17, 15) is 4.79 Å². The molecule has 4 heteroatoms. The molecule has 2 aromatic carbocycles. The lowest BCUT2D eigenvalue weighted by molar-refractivity contribution is -0.141. The highest BCUT2D eigenvalue weighted by Crippen LogP contribution is 2.30. The Morgan fingerprint density at radius 1 is 1.15 bits per heavy atom. The van der Waals surface area contributed by atoms with Gasteiger partial charge in [0.15, 0.2) is 0 Å². The van der Waals surface area contributed by atoms with Gasteiger partial charge in [0, 0.05) is 16.5 Å². The zero-order valence-electron chi connectivity index (χ0n) is 11.3. The van der Waals surface area contributed by atoms with Gasteiger partial charge in [-0.3, -0.25) is 0 Å². The van der Waals surface area contributed by atoms with E-state index < -0.39 is 6.04 Å². The van der Waals surface area contributed by atoms with Crippen molar-refractivity contribution in [2.75, 3.05) is 12.4 Å². The lowest BCUT2D eigenvalue weighted by Gasteiger charge is -2.12. The van der Waals surface area contributed by atoms with Crippen molar-refractivity contribution in [3.8, 4) is 0 Å². The number of nitrogens with one attached hydrogen (secondary N) is 1. The SMILES string of the molecule is COC(=O)C(C)Nc1ccc2oc3ccccc3c2c1. The van der Waals surface area contributed by atoms with E-state index in [2.05, 4.69) is 5.32 Å². The number of ether oxygens (including phenoxy) is 1. The molecule has 20 heavy (non-hydrogen) atoms. The molecule has 1 atom stereocenters. The number of esters is 1. The van der Waals surface area contributed by atoms with Crippen molar-refractivity contribution < 1.29 is 13.9 Å². The number of fused-ring (bicyclic) bond motifs is 3. The fourth-order valence-electron chi connectivity index (χ4n) is 2.30. The molecule has 0 aliphatic heterocycles. The third-order valence-corrected chi connectivity index (χ3v) is 3.31. The highest BCUT2D eigenvalue weighted by molar-refractivity contribution is 6.06. The maximum absolute atomic E-state index is 11.4. The van der Waals surface area contributed by atoms with Crippen LogP contribution in [0.25, 0.3) is 21.9 Å². The summed E-state index contributed by atoms with van der Waals surface area (Å²) in [6.07, 6.45) is 0. The van der Waals surface area contributed by atoms with Crippen LogP contribution in [0.1, 0.15) is 6.92 Å². The molecule has 3 rings (SSSR count). The van der Waals surface area contributed by atoms with Crippen molar-refractivity contribution >= 4 is 33.6 Å². The number of methoxy groups -OCH3 is 1. The van der Waals surface area contributed by atoms with Gasteiger partial charge in [0.1, 0.15) is 17.2 Å². The molecule has 0 spiro atoms. The van der Waals surface area contributed by atoms with Gasteiger partial charge in [0.05, 0.1) is 7.11 Å². The van der Waals surface area contributed by atoms with Crippen LogP contribution >= 0.6 is 0 Å². The van der Waals surface area contributed by atoms with E-state index >= 15 is 0 Å². The Morgan fingerprint density at radius 2 is 1.90 bits per heavy atom. The molecule has 1 N–H and O–H groups in total. The average molecular weight is 269 g/mol. The number of hydrogen-bond acceptors (Lipinski definition) is 4. The van der Waals surface area contributed by atoms with Crippen LogP contribution < -0.4 is 5.32 Å². The van der Waals surface area contributed by atoms with Gasteiger partial charge in [0.2, 0.25) is 0 Å². The first-order chi connectivity index (χ1) is 9.69. The quantitative estimate of drug-likeness (QED) is 0.739. The molecule has 0 radical (unpaired) electrons. The molecule has 4 nitrogen and oxygen atoms in total. The zero-order chi connectivity index (χ0) is 14.1. The van der Waals surface area contributed by atoms with Gasteiger partial charge in [-0.2, -0.15) is 0 Å². The number of carbonyl (C=O) groups is 1. The van der Waals surface area contributed by atoms with Crippen LogP contribution in [0.4, 0.5) is 5.69 Å². The van der Waals surface area contributed by atoms with E-state index in [0.717, 1.165) is 27.6 Å². The van der Waals surface area contributed by atoms with Gasteiger partial charge in [-0.1, -0.05) is 18.2 Å². The molecule has 3 aromatic rings. The molecule has 1 heterocycles. The summed E-state index contributed by atoms with van der Waals surface area (Å²) < 4.78 is 10.5. The second kappa shape index (κ2) is 4.89. The van der Waals surface area contributed by atoms with E-state index in [0.29, 0.717) is 0 Å². The molecular formula is C16H15NO3. The van der Waals surface area contributed by atoms with Crippen molar-refractivity contribution in [3.05, 3.63) is 42.5 Å². The Labute approximate surface area is 116 Å². The van der Waals surface area contributed by atoms with E-state index in [1.54, 1.807) is 6.92 Å². The van der Waals surface area contributed by atoms with Crippen LogP contribution in [0.15, 0.2) is 46.9 Å². The molecule has 0 bridgehead atoms. The van der Waals surface area contributed by atoms with E-state index in [4.69, 9.17) is 9.15 Å². The van der Waals surface area contributed by atoms with Crippen LogP contribution in [0.2, 0.25) is 0 Å². The minimum atomic E-state index is -0.393. The first-order valence-corrected chi connectivity index (χ1v) is 6.44. The summed E-state index contributed by atoms with van der Waals surface area (Å²) in [5, 5.41) is 5.22. The third-order valence-electron chi connectivity index (χ3n) is 3.31. The Kier molecular flexibility index (Phi) is 3.06. The van der Waals surface area contributed by atoms with Crippen molar-refractivity contribution in [2.45, 2.75) is 13.0 Å². The van der Waals surface area contributed by atoms with Gasteiger partial charge in [-0.05, 0) is 31.2 Å². The second-order valence-corrected chi connectivity index (χ2v) is 4.70. The summed E-state index contributed by atoms with van der Waals surface area (Å²) >= 11 is 0. The van der Waals surface area contributed by atoms with Crippen LogP contribution in [-0.2, 0) is 9.53 Å². The topological polar surface area (TPSA) is 51.5 Å². The van der Waals surface area contributed by atoms with Gasteiger partial charge in [-0.25, -0.2) is 4.79 Å². The Bertz CT molecular complexity index is 776. The molecule has 1 unspecified atom stereocenters. The summed E-state index contributed by atoms with van der Waals surface area (Å²) in [5.74, 6) is -0.290. The third kappa shape index (κ3) is 2.09. The van der Waals surface area contributed by atoms with Crippen molar-refractivity contribution in [3.63, 3.8) is 0 Å². The first kappa shape index (κ1) is 12.5. The maximum atomic E-state index is 11.4. The summed E-state index contributed by atoms with van der Waals surface area (Å²) in [6.45, 7) is 1.77. The number of rotatable bonds is 3. The van der Waals surface area contributed by atoms with Crippen molar-refractivity contribution in [1.82, 2.24) is 0 Å². The molecule has 0 amide bonds. The highest BCUT2D eigenvalue weighted by Gasteiger charge is 2.13. The molecule has 0 fully saturated rings. The first-order valence-electron chi connectivity index (χ1n) is 6.44. The normalized spacial score (nSPS) is 12.5. The minimum absolute atomic E-state index is 0.290. The van der Waals surface area contributed by atoms with Gasteiger partial charge in [-0.15, -0.1) is 0 Å². The standard InChI is InChI=1S/C16H15NO3/c1-10(16(18)19-2)17-11-7-8-15-13(9-11)12-5-3-4-6-14(12)20-15/h3-10,17H,1-2H3. The lowest BCUT2D eigenvalue weighted by Crippen LogP contribution is -2.27. The maximum Gasteiger partial charge on any atom is 0.327 e. The van der Waals surface area contributed by atoms with Gasteiger partial charge >= 0.3 is 5.97 Å². The lowest BCUT2D eigenvalue weighted by atomic mass is 10.1.